The SMILES string of the molecule is COC(=O)[C@@H](F)C(F)(F)OC. The van der Waals surface area contributed by atoms with Crippen molar-refractivity contribution < 1.29 is 27.4 Å². The molecule has 0 radical (unpaired) electrons. The third kappa shape index (κ3) is 2.38. The van der Waals surface area contributed by atoms with Crippen molar-refractivity contribution in [1.82, 2.24) is 0 Å². The number of hydrogen-bond acceptors (Lipinski definition) is 3. The van der Waals surface area contributed by atoms with Gasteiger partial charge in [0.25, 0.3) is 6.17 Å². The second-order valence-corrected chi connectivity index (χ2v) is 1.65. The molecule has 6 heteroatoms. The van der Waals surface area contributed by atoms with Gasteiger partial charge in [0.2, 0.25) is 0 Å². The van der Waals surface area contributed by atoms with Gasteiger partial charge in [-0.15, -0.1) is 0 Å². The van der Waals surface area contributed by atoms with E-state index in [4.69, 9.17) is 0 Å². The maximum absolute atomic E-state index is 12.2. The van der Waals surface area contributed by atoms with Crippen LogP contribution in [-0.4, -0.2) is 32.5 Å². The van der Waals surface area contributed by atoms with E-state index in [9.17, 15) is 18.0 Å². The van der Waals surface area contributed by atoms with Gasteiger partial charge in [0, 0.05) is 7.11 Å². The minimum absolute atomic E-state index is 0.593. The van der Waals surface area contributed by atoms with Gasteiger partial charge in [-0.1, -0.05) is 0 Å². The maximum atomic E-state index is 12.2. The van der Waals surface area contributed by atoms with E-state index in [0.717, 1.165) is 7.11 Å². The Hall–Kier alpha value is -0.780. The zero-order chi connectivity index (χ0) is 9.07. The van der Waals surface area contributed by atoms with Crippen LogP contribution >= 0.6 is 0 Å². The van der Waals surface area contributed by atoms with E-state index in [-0.39, 0.29) is 0 Å². The van der Waals surface area contributed by atoms with E-state index >= 15 is 0 Å². The molecule has 0 aliphatic carbocycles. The van der Waals surface area contributed by atoms with E-state index < -0.39 is 18.2 Å². The van der Waals surface area contributed by atoms with Crippen LogP contribution < -0.4 is 0 Å². The monoisotopic (exact) mass is 172 g/mol. The van der Waals surface area contributed by atoms with Gasteiger partial charge in [-0.3, -0.25) is 0 Å². The minimum atomic E-state index is -4.12. The second kappa shape index (κ2) is 3.56. The van der Waals surface area contributed by atoms with Crippen LogP contribution in [0.1, 0.15) is 0 Å². The highest BCUT2D eigenvalue weighted by molar-refractivity contribution is 5.75. The summed E-state index contributed by atoms with van der Waals surface area (Å²) in [7, 11) is 1.40. The average Bonchev–Trinajstić information content (AvgIpc) is 2.01. The van der Waals surface area contributed by atoms with Crippen molar-refractivity contribution >= 4 is 5.97 Å². The van der Waals surface area contributed by atoms with Gasteiger partial charge >= 0.3 is 12.1 Å². The molecule has 0 saturated carbocycles. The number of methoxy groups -OCH3 is 2. The van der Waals surface area contributed by atoms with Gasteiger partial charge in [0.1, 0.15) is 0 Å². The maximum Gasteiger partial charge on any atom is 0.397 e. The molecule has 0 aliphatic heterocycles. The van der Waals surface area contributed by atoms with Crippen molar-refractivity contribution in [2.75, 3.05) is 14.2 Å². The fourth-order valence-electron chi connectivity index (χ4n) is 0.344. The molecule has 0 saturated heterocycles. The number of alkyl halides is 3. The van der Waals surface area contributed by atoms with Crippen LogP contribution in [0, 0.1) is 0 Å². The Morgan fingerprint density at radius 2 is 1.91 bits per heavy atom. The lowest BCUT2D eigenvalue weighted by Crippen LogP contribution is -2.38. The summed E-state index contributed by atoms with van der Waals surface area (Å²) in [6.07, 6.45) is -7.19. The Morgan fingerprint density at radius 3 is 2.18 bits per heavy atom. The average molecular weight is 172 g/mol. The second-order valence-electron chi connectivity index (χ2n) is 1.65. The molecule has 0 heterocycles. The van der Waals surface area contributed by atoms with Crippen molar-refractivity contribution in [1.29, 1.82) is 0 Å². The van der Waals surface area contributed by atoms with Gasteiger partial charge in [0.15, 0.2) is 0 Å². The predicted octanol–water partition coefficient (Wildman–Crippen LogP) is 0.737. The molecular formula is C5H7F3O3. The summed E-state index contributed by atoms with van der Waals surface area (Å²) in [5.41, 5.74) is 0. The number of carbonyl (C=O) groups is 1. The summed E-state index contributed by atoms with van der Waals surface area (Å²) in [5.74, 6) is -1.66. The van der Waals surface area contributed by atoms with Crippen LogP contribution in [-0.2, 0) is 14.3 Å². The first-order chi connectivity index (χ1) is 4.95. The smallest absolute Gasteiger partial charge is 0.397 e. The highest BCUT2D eigenvalue weighted by Crippen LogP contribution is 2.22. The van der Waals surface area contributed by atoms with Crippen molar-refractivity contribution in [2.45, 2.75) is 12.3 Å². The third-order valence-electron chi connectivity index (χ3n) is 0.975. The molecule has 0 aromatic rings. The highest BCUT2D eigenvalue weighted by Gasteiger charge is 2.46. The lowest BCUT2D eigenvalue weighted by molar-refractivity contribution is -0.259. The Balaban J connectivity index is 4.22. The predicted molar refractivity (Wildman–Crippen MR) is 28.9 cm³/mol. The van der Waals surface area contributed by atoms with Gasteiger partial charge in [0.05, 0.1) is 7.11 Å². The zero-order valence-corrected chi connectivity index (χ0v) is 5.94. The molecule has 1 atom stereocenters. The van der Waals surface area contributed by atoms with Crippen LogP contribution in [0.2, 0.25) is 0 Å². The van der Waals surface area contributed by atoms with Gasteiger partial charge in [-0.2, -0.15) is 8.78 Å². The number of halogens is 3. The van der Waals surface area contributed by atoms with E-state index in [0.29, 0.717) is 7.11 Å². The molecule has 0 unspecified atom stereocenters. The third-order valence-corrected chi connectivity index (χ3v) is 0.975. The zero-order valence-electron chi connectivity index (χ0n) is 5.94. The van der Waals surface area contributed by atoms with Crippen molar-refractivity contribution in [3.05, 3.63) is 0 Å². The van der Waals surface area contributed by atoms with Crippen molar-refractivity contribution in [2.24, 2.45) is 0 Å². The van der Waals surface area contributed by atoms with E-state index in [2.05, 4.69) is 9.47 Å². The molecular weight excluding hydrogens is 165 g/mol. The Morgan fingerprint density at radius 1 is 1.45 bits per heavy atom. The van der Waals surface area contributed by atoms with E-state index in [1.165, 1.54) is 0 Å². The van der Waals surface area contributed by atoms with Crippen LogP contribution in [0.25, 0.3) is 0 Å². The normalized spacial score (nSPS) is 14.3. The molecule has 0 aromatic heterocycles. The molecule has 0 aliphatic rings. The van der Waals surface area contributed by atoms with Crippen LogP contribution in [0.4, 0.5) is 13.2 Å². The molecule has 0 amide bonds. The summed E-state index contributed by atoms with van der Waals surface area (Å²) in [6, 6.07) is 0. The molecule has 66 valence electrons. The van der Waals surface area contributed by atoms with Gasteiger partial charge in [-0.05, 0) is 0 Å². The molecule has 0 bridgehead atoms. The fourth-order valence-corrected chi connectivity index (χ4v) is 0.344. The summed E-state index contributed by atoms with van der Waals surface area (Å²) in [6.45, 7) is 0. The minimum Gasteiger partial charge on any atom is -0.467 e. The molecule has 0 spiro atoms. The number of esters is 1. The molecule has 11 heavy (non-hydrogen) atoms. The highest BCUT2D eigenvalue weighted by atomic mass is 19.3. The Bertz CT molecular complexity index is 148. The molecule has 0 fully saturated rings. The van der Waals surface area contributed by atoms with Gasteiger partial charge < -0.3 is 9.47 Å². The standard InChI is InChI=1S/C5H7F3O3/c1-10-4(9)3(6)5(7,8)11-2/h3H,1-2H3/t3-/m1/s1. The quantitative estimate of drug-likeness (QED) is 0.589. The topological polar surface area (TPSA) is 35.5 Å². The van der Waals surface area contributed by atoms with E-state index in [1.807, 2.05) is 0 Å². The molecule has 3 nitrogen and oxygen atoms in total. The van der Waals surface area contributed by atoms with Crippen molar-refractivity contribution in [3.8, 4) is 0 Å². The lowest BCUT2D eigenvalue weighted by atomic mass is 10.4. The lowest BCUT2D eigenvalue weighted by Gasteiger charge is -2.15. The summed E-state index contributed by atoms with van der Waals surface area (Å²) in [5, 5.41) is 0. The molecule has 0 rings (SSSR count). The summed E-state index contributed by atoms with van der Waals surface area (Å²) >= 11 is 0. The van der Waals surface area contributed by atoms with Crippen LogP contribution in [0.15, 0.2) is 0 Å². The van der Waals surface area contributed by atoms with Gasteiger partial charge in [-0.25, -0.2) is 9.18 Å². The first-order valence-corrected chi connectivity index (χ1v) is 2.60. The number of ether oxygens (including phenoxy) is 2. The summed E-state index contributed by atoms with van der Waals surface area (Å²) < 4.78 is 43.5. The van der Waals surface area contributed by atoms with E-state index in [1.54, 1.807) is 0 Å². The number of rotatable bonds is 3. The molecule has 0 N–H and O–H groups in total. The largest absolute Gasteiger partial charge is 0.467 e. The Kier molecular flexibility index (Phi) is 3.31. The molecule has 0 aromatic carbocycles. The fraction of sp³-hybridized carbons (Fsp3) is 0.800. The Labute approximate surface area is 61.1 Å². The van der Waals surface area contributed by atoms with Crippen molar-refractivity contribution in [3.63, 3.8) is 0 Å². The first-order valence-electron chi connectivity index (χ1n) is 2.60. The number of carbonyl (C=O) groups excluding carboxylic acids is 1. The van der Waals surface area contributed by atoms with Crippen LogP contribution in [0.5, 0.6) is 0 Å². The number of hydrogen-bond donors (Lipinski definition) is 0. The first kappa shape index (κ1) is 10.2. The van der Waals surface area contributed by atoms with Crippen LogP contribution in [0.3, 0.4) is 0 Å². The summed E-state index contributed by atoms with van der Waals surface area (Å²) in [4.78, 5) is 10.2.